The van der Waals surface area contributed by atoms with E-state index in [0.29, 0.717) is 5.71 Å². The molecule has 0 saturated carbocycles. The molecule has 0 fully saturated rings. The van der Waals surface area contributed by atoms with Crippen LogP contribution in [-0.2, 0) is 6.42 Å². The van der Waals surface area contributed by atoms with Gasteiger partial charge >= 0.3 is 0 Å². The molecule has 1 atom stereocenters. The van der Waals surface area contributed by atoms with Gasteiger partial charge in [-0.25, -0.2) is 0 Å². The number of nitrogens with one attached hydrogen (secondary N) is 1. The van der Waals surface area contributed by atoms with Crippen molar-refractivity contribution in [3.8, 4) is 0 Å². The fraction of sp³-hybridized carbons (Fsp3) is 0.441. The van der Waals surface area contributed by atoms with E-state index in [4.69, 9.17) is 5.41 Å². The van der Waals surface area contributed by atoms with E-state index >= 15 is 0 Å². The molecule has 35 heavy (non-hydrogen) atoms. The Labute approximate surface area is 216 Å². The van der Waals surface area contributed by atoms with Gasteiger partial charge in [-0.15, -0.1) is 6.58 Å². The first-order chi connectivity index (χ1) is 16.6. The molecule has 0 aromatic heterocycles. The average Bonchev–Trinajstić information content (AvgIpc) is 2.83. The Morgan fingerprint density at radius 1 is 1.00 bits per heavy atom. The van der Waals surface area contributed by atoms with Crippen LogP contribution in [0.5, 0.6) is 0 Å². The van der Waals surface area contributed by atoms with Crippen molar-refractivity contribution in [1.82, 2.24) is 0 Å². The molecule has 2 rings (SSSR count). The first-order valence-corrected chi connectivity index (χ1v) is 13.3. The molecule has 1 aromatic carbocycles. The van der Waals surface area contributed by atoms with E-state index in [9.17, 15) is 0 Å². The Morgan fingerprint density at radius 3 is 2.09 bits per heavy atom. The van der Waals surface area contributed by atoms with E-state index in [1.807, 2.05) is 26.8 Å². The summed E-state index contributed by atoms with van der Waals surface area (Å²) in [7, 11) is 0. The van der Waals surface area contributed by atoms with Crippen LogP contribution >= 0.6 is 0 Å². The zero-order valence-corrected chi connectivity index (χ0v) is 24.0. The highest BCUT2D eigenvalue weighted by Crippen LogP contribution is 2.41. The van der Waals surface area contributed by atoms with E-state index in [1.54, 1.807) is 0 Å². The maximum Gasteiger partial charge on any atom is 0.0394 e. The molecule has 1 aliphatic rings. The number of hydrogen-bond acceptors (Lipinski definition) is 1. The summed E-state index contributed by atoms with van der Waals surface area (Å²) in [5.74, 6) is -0.113. The van der Waals surface area contributed by atoms with E-state index in [2.05, 4.69) is 79.5 Å². The van der Waals surface area contributed by atoms with Crippen molar-refractivity contribution in [3.63, 3.8) is 0 Å². The van der Waals surface area contributed by atoms with Crippen LogP contribution in [0.4, 0.5) is 0 Å². The zero-order valence-electron chi connectivity index (χ0n) is 24.0. The highest BCUT2D eigenvalue weighted by atomic mass is 14.4. The standard InChI is InChI=1S/C32H43N.C2H6/c1-11-26(20(4)5)31(28(13-3)25(10)33)19-23(8)24(9)27(12-2)30-16-14-15-29-21(6)17-18-22(7)32(29)30;1-2/h13,17-19,28,33H,3-4,9,11-12,14-16H2,1-2,5-8,10H3;1-2H3/b23-19+,30-27-,31-26+,33-25?;. The molecule has 190 valence electrons. The SMILES string of the molecule is C=CC(C(C)=N)C(/C=C(\C)C(=C)/C(CC)=C1/CCCc2c(C)ccc(C)c21)=C(\CC)C(=C)C.CC. The van der Waals surface area contributed by atoms with Crippen LogP contribution in [0.15, 0.2) is 77.5 Å². The summed E-state index contributed by atoms with van der Waals surface area (Å²) in [5.41, 5.74) is 14.8. The summed E-state index contributed by atoms with van der Waals surface area (Å²) < 4.78 is 0. The highest BCUT2D eigenvalue weighted by molar-refractivity contribution is 5.87. The summed E-state index contributed by atoms with van der Waals surface area (Å²) in [6, 6.07) is 4.53. The normalized spacial score (nSPS) is 16.2. The topological polar surface area (TPSA) is 23.9 Å². The lowest BCUT2D eigenvalue weighted by atomic mass is 9.77. The summed E-state index contributed by atoms with van der Waals surface area (Å²) >= 11 is 0. The van der Waals surface area contributed by atoms with Crippen molar-refractivity contribution in [2.75, 3.05) is 0 Å². The summed E-state index contributed by atoms with van der Waals surface area (Å²) in [6.07, 6.45) is 9.42. The van der Waals surface area contributed by atoms with Crippen LogP contribution in [0.25, 0.3) is 5.57 Å². The molecule has 0 radical (unpaired) electrons. The predicted molar refractivity (Wildman–Crippen MR) is 160 cm³/mol. The van der Waals surface area contributed by atoms with E-state index < -0.39 is 0 Å². The second-order valence-corrected chi connectivity index (χ2v) is 9.49. The molecule has 0 saturated heterocycles. The lowest BCUT2D eigenvalue weighted by Gasteiger charge is -2.27. The molecule has 1 unspecified atom stereocenters. The van der Waals surface area contributed by atoms with Gasteiger partial charge in [0.05, 0.1) is 0 Å². The second-order valence-electron chi connectivity index (χ2n) is 9.49. The lowest BCUT2D eigenvalue weighted by molar-refractivity contribution is 0.806. The summed E-state index contributed by atoms with van der Waals surface area (Å²) in [5, 5.41) is 8.35. The van der Waals surface area contributed by atoms with Gasteiger partial charge in [-0.1, -0.05) is 70.7 Å². The minimum absolute atomic E-state index is 0.113. The number of fused-ring (bicyclic) bond motifs is 1. The third kappa shape index (κ3) is 6.94. The van der Waals surface area contributed by atoms with E-state index in [1.165, 1.54) is 45.4 Å². The van der Waals surface area contributed by atoms with Gasteiger partial charge in [0, 0.05) is 11.6 Å². The zero-order chi connectivity index (χ0) is 26.9. The van der Waals surface area contributed by atoms with Crippen molar-refractivity contribution in [2.45, 2.75) is 94.4 Å². The van der Waals surface area contributed by atoms with Crippen molar-refractivity contribution >= 4 is 11.3 Å². The van der Waals surface area contributed by atoms with Crippen LogP contribution in [-0.4, -0.2) is 5.71 Å². The van der Waals surface area contributed by atoms with Gasteiger partial charge in [0.25, 0.3) is 0 Å². The predicted octanol–water partition coefficient (Wildman–Crippen LogP) is 10.5. The monoisotopic (exact) mass is 471 g/mol. The van der Waals surface area contributed by atoms with Crippen molar-refractivity contribution < 1.29 is 0 Å². The van der Waals surface area contributed by atoms with Crippen LogP contribution in [0.1, 0.15) is 96.4 Å². The minimum Gasteiger partial charge on any atom is -0.309 e. The van der Waals surface area contributed by atoms with Crippen LogP contribution < -0.4 is 0 Å². The van der Waals surface area contributed by atoms with Gasteiger partial charge in [-0.3, -0.25) is 0 Å². The largest absolute Gasteiger partial charge is 0.309 e. The van der Waals surface area contributed by atoms with Gasteiger partial charge in [-0.05, 0) is 122 Å². The van der Waals surface area contributed by atoms with Crippen LogP contribution in [0.2, 0.25) is 0 Å². The van der Waals surface area contributed by atoms with E-state index in [0.717, 1.165) is 48.0 Å². The molecular formula is C34H49N. The van der Waals surface area contributed by atoms with Gasteiger partial charge in [0.1, 0.15) is 0 Å². The molecule has 1 aliphatic carbocycles. The fourth-order valence-corrected chi connectivity index (χ4v) is 5.30. The third-order valence-electron chi connectivity index (χ3n) is 7.10. The molecule has 1 nitrogen and oxygen atoms in total. The number of allylic oxidation sites excluding steroid dienone is 9. The Morgan fingerprint density at radius 2 is 1.60 bits per heavy atom. The van der Waals surface area contributed by atoms with Gasteiger partial charge in [0.15, 0.2) is 0 Å². The Kier molecular flexibility index (Phi) is 12.2. The van der Waals surface area contributed by atoms with Crippen LogP contribution in [0.3, 0.4) is 0 Å². The Hall–Kier alpha value is -2.67. The molecule has 1 heteroatoms. The van der Waals surface area contributed by atoms with E-state index in [-0.39, 0.29) is 5.92 Å². The maximum atomic E-state index is 8.35. The summed E-state index contributed by atoms with van der Waals surface area (Å²) in [4.78, 5) is 0. The van der Waals surface area contributed by atoms with Gasteiger partial charge < -0.3 is 5.41 Å². The van der Waals surface area contributed by atoms with Crippen molar-refractivity contribution in [2.24, 2.45) is 5.92 Å². The molecule has 1 N–H and O–H groups in total. The Balaban J connectivity index is 0.00000298. The third-order valence-corrected chi connectivity index (χ3v) is 7.10. The van der Waals surface area contributed by atoms with Crippen molar-refractivity contribution in [1.29, 1.82) is 5.41 Å². The average molecular weight is 472 g/mol. The summed E-state index contributed by atoms with van der Waals surface area (Å²) in [6.45, 7) is 31.8. The molecule has 1 aromatic rings. The molecule has 0 bridgehead atoms. The molecule has 0 amide bonds. The smallest absolute Gasteiger partial charge is 0.0394 e. The number of aryl methyl sites for hydroxylation is 2. The fourth-order valence-electron chi connectivity index (χ4n) is 5.30. The van der Waals surface area contributed by atoms with Gasteiger partial charge in [-0.2, -0.15) is 0 Å². The molecule has 0 aliphatic heterocycles. The van der Waals surface area contributed by atoms with Crippen molar-refractivity contribution in [3.05, 3.63) is 99.7 Å². The molecule has 0 spiro atoms. The second kappa shape index (κ2) is 14.0. The number of benzene rings is 1. The lowest BCUT2D eigenvalue weighted by Crippen LogP contribution is -2.12. The van der Waals surface area contributed by atoms with Crippen LogP contribution in [0, 0.1) is 25.2 Å². The first-order valence-electron chi connectivity index (χ1n) is 13.3. The van der Waals surface area contributed by atoms with Gasteiger partial charge in [0.2, 0.25) is 0 Å². The Bertz CT molecular complexity index is 1070. The molecule has 0 heterocycles. The number of rotatable bonds is 9. The highest BCUT2D eigenvalue weighted by Gasteiger charge is 2.23. The minimum atomic E-state index is -0.113. The molecular weight excluding hydrogens is 422 g/mol. The maximum absolute atomic E-state index is 8.35. The first kappa shape index (κ1) is 30.4. The quantitative estimate of drug-likeness (QED) is 0.210. The number of hydrogen-bond donors (Lipinski definition) is 1.